The van der Waals surface area contributed by atoms with E-state index in [0.717, 1.165) is 12.8 Å². The number of allylic oxidation sites excluding steroid dienone is 2. The lowest BCUT2D eigenvalue weighted by atomic mass is 10.0. The second kappa shape index (κ2) is 50.2. The molecule has 0 aliphatic heterocycles. The number of unbranched alkanes of at least 4 members (excludes halogenated alkanes) is 42. The van der Waals surface area contributed by atoms with Crippen LogP contribution in [0.15, 0.2) is 12.2 Å². The fraction of sp³-hybridized carbons (Fsp3) is 0.942. The van der Waals surface area contributed by atoms with Crippen molar-refractivity contribution in [1.82, 2.24) is 0 Å². The molecule has 0 spiro atoms. The Balaban J connectivity index is 3.15. The predicted molar refractivity (Wildman–Crippen MR) is 244 cm³/mol. The molecule has 54 heavy (non-hydrogen) atoms. The normalized spacial score (nSPS) is 11.7. The van der Waals surface area contributed by atoms with Gasteiger partial charge in [0, 0.05) is 6.42 Å². The molecular weight excluding hydrogens is 657 g/mol. The van der Waals surface area contributed by atoms with Crippen LogP contribution in [0, 0.1) is 0 Å². The average molecular weight is 759 g/mol. The first kappa shape index (κ1) is 53.2. The number of hydrogen-bond donors (Lipinski definition) is 0. The quantitative estimate of drug-likeness (QED) is 0.0351. The van der Waals surface area contributed by atoms with E-state index < -0.39 is 0 Å². The van der Waals surface area contributed by atoms with E-state index in [1.54, 1.807) is 0 Å². The van der Waals surface area contributed by atoms with Crippen LogP contribution in [0.25, 0.3) is 0 Å². The van der Waals surface area contributed by atoms with Crippen LogP contribution in [0.2, 0.25) is 0 Å². The fourth-order valence-corrected chi connectivity index (χ4v) is 8.08. The minimum absolute atomic E-state index is 0.0261. The SMILES string of the molecule is CCCCCCCCC=CCCCCCCCCCC(=O)OCCCCCCCCCCCCCCCCCCCCCCCCCCCCCCCC. The van der Waals surface area contributed by atoms with E-state index in [4.69, 9.17) is 4.74 Å². The largest absolute Gasteiger partial charge is 0.466 e. The van der Waals surface area contributed by atoms with Crippen LogP contribution in [-0.4, -0.2) is 12.6 Å². The molecule has 2 nitrogen and oxygen atoms in total. The molecule has 0 amide bonds. The molecule has 0 unspecified atom stereocenters. The highest BCUT2D eigenvalue weighted by atomic mass is 16.5. The highest BCUT2D eigenvalue weighted by molar-refractivity contribution is 5.69. The van der Waals surface area contributed by atoms with Crippen molar-refractivity contribution in [3.8, 4) is 0 Å². The van der Waals surface area contributed by atoms with Crippen LogP contribution in [-0.2, 0) is 9.53 Å². The number of rotatable bonds is 48. The first-order valence-electron chi connectivity index (χ1n) is 25.6. The Morgan fingerprint density at radius 1 is 0.296 bits per heavy atom. The highest BCUT2D eigenvalue weighted by Crippen LogP contribution is 2.17. The Hall–Kier alpha value is -0.790. The lowest BCUT2D eigenvalue weighted by Gasteiger charge is -2.06. The minimum Gasteiger partial charge on any atom is -0.466 e. The molecule has 0 rings (SSSR count). The van der Waals surface area contributed by atoms with Gasteiger partial charge in [0.05, 0.1) is 6.61 Å². The lowest BCUT2D eigenvalue weighted by Crippen LogP contribution is -2.05. The van der Waals surface area contributed by atoms with Gasteiger partial charge in [0.25, 0.3) is 0 Å². The summed E-state index contributed by atoms with van der Waals surface area (Å²) in [6.07, 6.45) is 67.9. The van der Waals surface area contributed by atoms with Gasteiger partial charge in [-0.1, -0.05) is 276 Å². The first-order chi connectivity index (χ1) is 26.8. The molecule has 0 aliphatic rings. The minimum atomic E-state index is 0.0261. The van der Waals surface area contributed by atoms with Crippen molar-refractivity contribution in [2.45, 2.75) is 309 Å². The second-order valence-electron chi connectivity index (χ2n) is 17.5. The van der Waals surface area contributed by atoms with E-state index in [2.05, 4.69) is 26.0 Å². The number of carbonyl (C=O) groups excluding carboxylic acids is 1. The van der Waals surface area contributed by atoms with Gasteiger partial charge in [0.1, 0.15) is 0 Å². The maximum atomic E-state index is 12.0. The highest BCUT2D eigenvalue weighted by Gasteiger charge is 2.03. The smallest absolute Gasteiger partial charge is 0.305 e. The van der Waals surface area contributed by atoms with Gasteiger partial charge in [0.15, 0.2) is 0 Å². The van der Waals surface area contributed by atoms with E-state index in [0.29, 0.717) is 13.0 Å². The van der Waals surface area contributed by atoms with Crippen molar-refractivity contribution in [2.75, 3.05) is 6.61 Å². The summed E-state index contributed by atoms with van der Waals surface area (Å²) in [4.78, 5) is 12.0. The van der Waals surface area contributed by atoms with Crippen molar-refractivity contribution in [2.24, 2.45) is 0 Å². The maximum absolute atomic E-state index is 12.0. The van der Waals surface area contributed by atoms with Crippen molar-refractivity contribution in [3.05, 3.63) is 12.2 Å². The van der Waals surface area contributed by atoms with Crippen LogP contribution >= 0.6 is 0 Å². The van der Waals surface area contributed by atoms with E-state index >= 15 is 0 Å². The molecule has 2 heteroatoms. The van der Waals surface area contributed by atoms with Crippen LogP contribution in [0.3, 0.4) is 0 Å². The lowest BCUT2D eigenvalue weighted by molar-refractivity contribution is -0.143. The molecule has 0 aromatic rings. The summed E-state index contributed by atoms with van der Waals surface area (Å²) in [7, 11) is 0. The first-order valence-corrected chi connectivity index (χ1v) is 25.6. The summed E-state index contributed by atoms with van der Waals surface area (Å²) < 4.78 is 5.49. The summed E-state index contributed by atoms with van der Waals surface area (Å²) in [5.41, 5.74) is 0. The molecule has 0 heterocycles. The van der Waals surface area contributed by atoms with Crippen LogP contribution < -0.4 is 0 Å². The van der Waals surface area contributed by atoms with E-state index in [9.17, 15) is 4.79 Å². The predicted octanol–water partition coefficient (Wildman–Crippen LogP) is 19.1. The third-order valence-electron chi connectivity index (χ3n) is 11.9. The molecule has 0 bridgehead atoms. The number of ether oxygens (including phenoxy) is 1. The zero-order valence-electron chi connectivity index (χ0n) is 37.7. The van der Waals surface area contributed by atoms with Gasteiger partial charge < -0.3 is 4.74 Å². The van der Waals surface area contributed by atoms with E-state index in [1.807, 2.05) is 0 Å². The average Bonchev–Trinajstić information content (AvgIpc) is 3.18. The fourth-order valence-electron chi connectivity index (χ4n) is 8.08. The maximum Gasteiger partial charge on any atom is 0.305 e. The third-order valence-corrected chi connectivity index (χ3v) is 11.9. The van der Waals surface area contributed by atoms with Gasteiger partial charge in [-0.15, -0.1) is 0 Å². The Bertz CT molecular complexity index is 698. The summed E-state index contributed by atoms with van der Waals surface area (Å²) >= 11 is 0. The van der Waals surface area contributed by atoms with Crippen LogP contribution in [0.4, 0.5) is 0 Å². The second-order valence-corrected chi connectivity index (χ2v) is 17.5. The molecule has 0 aromatic heterocycles. The zero-order valence-corrected chi connectivity index (χ0v) is 37.7. The van der Waals surface area contributed by atoms with Crippen molar-refractivity contribution in [3.63, 3.8) is 0 Å². The number of carbonyl (C=O) groups is 1. The van der Waals surface area contributed by atoms with Gasteiger partial charge in [-0.3, -0.25) is 4.79 Å². The van der Waals surface area contributed by atoms with E-state index in [-0.39, 0.29) is 5.97 Å². The van der Waals surface area contributed by atoms with Gasteiger partial charge in [-0.25, -0.2) is 0 Å². The van der Waals surface area contributed by atoms with Crippen molar-refractivity contribution < 1.29 is 9.53 Å². The Labute approximate surface area is 342 Å². The number of esters is 1. The molecule has 0 fully saturated rings. The molecule has 0 atom stereocenters. The Morgan fingerprint density at radius 3 is 0.796 bits per heavy atom. The van der Waals surface area contributed by atoms with Gasteiger partial charge in [-0.2, -0.15) is 0 Å². The Morgan fingerprint density at radius 2 is 0.519 bits per heavy atom. The molecule has 0 aliphatic carbocycles. The van der Waals surface area contributed by atoms with Crippen LogP contribution in [0.1, 0.15) is 309 Å². The molecule has 0 saturated carbocycles. The summed E-state index contributed by atoms with van der Waals surface area (Å²) in [5, 5.41) is 0. The molecule has 0 saturated heterocycles. The molecule has 322 valence electrons. The van der Waals surface area contributed by atoms with Gasteiger partial charge >= 0.3 is 5.97 Å². The summed E-state index contributed by atoms with van der Waals surface area (Å²) in [6, 6.07) is 0. The third kappa shape index (κ3) is 49.2. The summed E-state index contributed by atoms with van der Waals surface area (Å²) in [6.45, 7) is 5.22. The van der Waals surface area contributed by atoms with Crippen molar-refractivity contribution in [1.29, 1.82) is 0 Å². The molecule has 0 N–H and O–H groups in total. The molecule has 0 aromatic carbocycles. The zero-order chi connectivity index (χ0) is 38.9. The molecule has 0 radical (unpaired) electrons. The van der Waals surface area contributed by atoms with Gasteiger partial charge in [0.2, 0.25) is 0 Å². The Kier molecular flexibility index (Phi) is 49.5. The monoisotopic (exact) mass is 759 g/mol. The summed E-state index contributed by atoms with van der Waals surface area (Å²) in [5.74, 6) is 0.0261. The van der Waals surface area contributed by atoms with Crippen molar-refractivity contribution >= 4 is 5.97 Å². The number of hydrogen-bond acceptors (Lipinski definition) is 2. The van der Waals surface area contributed by atoms with Crippen LogP contribution in [0.5, 0.6) is 0 Å². The molecular formula is C52H102O2. The standard InChI is InChI=1S/C52H102O2/c1-3-5-7-9-11-13-15-17-19-21-22-23-24-25-26-27-28-29-30-31-32-33-35-37-39-41-43-45-47-49-51-54-52(53)50-48-46-44-42-40-38-36-34-20-18-16-14-12-10-8-6-4-2/h18,20H,3-17,19,21-51H2,1-2H3. The van der Waals surface area contributed by atoms with Gasteiger partial charge in [-0.05, 0) is 38.5 Å². The topological polar surface area (TPSA) is 26.3 Å². The van der Waals surface area contributed by atoms with E-state index in [1.165, 1.54) is 276 Å².